The van der Waals surface area contributed by atoms with Gasteiger partial charge in [-0.2, -0.15) is 0 Å². The molecule has 0 heterocycles. The number of aliphatic hydroxyl groups excluding tert-OH is 1. The van der Waals surface area contributed by atoms with Gasteiger partial charge in [0, 0.05) is 0 Å². The molecule has 1 saturated carbocycles. The first-order chi connectivity index (χ1) is 24.2. The molecule has 0 spiro atoms. The lowest BCUT2D eigenvalue weighted by molar-refractivity contribution is -0.283. The molecule has 1 N–H and O–H groups in total. The van der Waals surface area contributed by atoms with Gasteiger partial charge in [0.05, 0.1) is 40.1 Å². The molecule has 0 radical (unpaired) electrons. The summed E-state index contributed by atoms with van der Waals surface area (Å²) >= 11 is 0. The summed E-state index contributed by atoms with van der Waals surface area (Å²) < 4.78 is 38.7. The van der Waals surface area contributed by atoms with Gasteiger partial charge >= 0.3 is 0 Å². The van der Waals surface area contributed by atoms with Crippen LogP contribution in [0.3, 0.4) is 0 Å². The highest BCUT2D eigenvalue weighted by Gasteiger charge is 2.54. The quantitative estimate of drug-likeness (QED) is 0.119. The third kappa shape index (κ3) is 9.64. The minimum absolute atomic E-state index is 0.239. The Morgan fingerprint density at radius 3 is 0.939 bits per heavy atom. The fourth-order valence-electron chi connectivity index (χ4n) is 6.07. The van der Waals surface area contributed by atoms with E-state index >= 15 is 0 Å². The molecule has 1 aliphatic rings. The molecule has 0 aromatic heterocycles. The maximum absolute atomic E-state index is 12.2. The van der Waals surface area contributed by atoms with Crippen molar-refractivity contribution in [2.45, 2.75) is 69.7 Å². The average molecular weight is 661 g/mol. The number of hydrogen-bond donors (Lipinski definition) is 1. The van der Waals surface area contributed by atoms with Gasteiger partial charge in [0.15, 0.2) is 0 Å². The van der Waals surface area contributed by atoms with Crippen LogP contribution in [0.4, 0.5) is 0 Å². The molecule has 1 fully saturated rings. The van der Waals surface area contributed by atoms with Crippen molar-refractivity contribution in [3.05, 3.63) is 173 Å². The number of aliphatic hydroxyl groups is 1. The van der Waals surface area contributed by atoms with E-state index in [2.05, 4.69) is 0 Å². The monoisotopic (exact) mass is 660 g/mol. The SMILES string of the molecule is COc1ccc(CO[C@@H]2[C@@H](O)[C@H](OCc3ccccc3)[C@H](OCc3ccccc3)C(OCc3ccccc3)[C@H]2OCc2ccccc2)cc1. The van der Waals surface area contributed by atoms with Gasteiger partial charge in [0.25, 0.3) is 0 Å². The van der Waals surface area contributed by atoms with Crippen molar-refractivity contribution in [1.29, 1.82) is 0 Å². The van der Waals surface area contributed by atoms with E-state index in [1.54, 1.807) is 7.11 Å². The smallest absolute Gasteiger partial charge is 0.118 e. The Balaban J connectivity index is 1.34. The van der Waals surface area contributed by atoms with E-state index in [9.17, 15) is 5.11 Å². The number of ether oxygens (including phenoxy) is 6. The first-order valence-corrected chi connectivity index (χ1v) is 16.7. The Bertz CT molecular complexity index is 1640. The van der Waals surface area contributed by atoms with E-state index in [4.69, 9.17) is 28.4 Å². The van der Waals surface area contributed by atoms with Crippen LogP contribution in [-0.4, -0.2) is 48.8 Å². The molecule has 7 nitrogen and oxygen atoms in total. The van der Waals surface area contributed by atoms with Crippen molar-refractivity contribution in [3.8, 4) is 5.75 Å². The fourth-order valence-corrected chi connectivity index (χ4v) is 6.07. The molecule has 1 aliphatic carbocycles. The van der Waals surface area contributed by atoms with Crippen molar-refractivity contribution in [1.82, 2.24) is 0 Å². The lowest BCUT2D eigenvalue weighted by Gasteiger charge is -2.48. The van der Waals surface area contributed by atoms with Crippen LogP contribution < -0.4 is 4.74 Å². The Morgan fingerprint density at radius 1 is 0.367 bits per heavy atom. The van der Waals surface area contributed by atoms with Crippen LogP contribution in [-0.2, 0) is 56.7 Å². The van der Waals surface area contributed by atoms with E-state index in [-0.39, 0.29) is 13.2 Å². The summed E-state index contributed by atoms with van der Waals surface area (Å²) in [5.41, 5.74) is 4.92. The third-order valence-corrected chi connectivity index (χ3v) is 8.71. The summed E-state index contributed by atoms with van der Waals surface area (Å²) in [5.74, 6) is 0.757. The molecule has 254 valence electrons. The summed E-state index contributed by atoms with van der Waals surface area (Å²) in [4.78, 5) is 0. The van der Waals surface area contributed by atoms with Gasteiger partial charge in [0.1, 0.15) is 42.4 Å². The maximum atomic E-state index is 12.2. The minimum atomic E-state index is -1.10. The predicted molar refractivity (Wildman–Crippen MR) is 188 cm³/mol. The zero-order valence-corrected chi connectivity index (χ0v) is 27.8. The number of hydrogen-bond acceptors (Lipinski definition) is 7. The first-order valence-electron chi connectivity index (χ1n) is 16.7. The highest BCUT2D eigenvalue weighted by molar-refractivity contribution is 5.27. The summed E-state index contributed by atoms with van der Waals surface area (Å²) in [6.45, 7) is 1.43. The van der Waals surface area contributed by atoms with E-state index in [0.29, 0.717) is 19.8 Å². The second kappa shape index (κ2) is 17.9. The Labute approximate surface area is 289 Å². The molecular formula is C42H44O7. The molecule has 7 heteroatoms. The van der Waals surface area contributed by atoms with Crippen LogP contribution in [0.1, 0.15) is 27.8 Å². The molecule has 6 atom stereocenters. The molecule has 49 heavy (non-hydrogen) atoms. The van der Waals surface area contributed by atoms with Crippen LogP contribution in [0.5, 0.6) is 5.75 Å². The second-order valence-electron chi connectivity index (χ2n) is 12.2. The van der Waals surface area contributed by atoms with Gasteiger partial charge < -0.3 is 33.5 Å². The normalized spacial score (nSPS) is 22.1. The Hall–Kier alpha value is -4.34. The number of methoxy groups -OCH3 is 1. The largest absolute Gasteiger partial charge is 0.497 e. The predicted octanol–water partition coefficient (Wildman–Crippen LogP) is 7.30. The Morgan fingerprint density at radius 2 is 0.633 bits per heavy atom. The molecule has 0 aliphatic heterocycles. The highest BCUT2D eigenvalue weighted by atomic mass is 16.6. The van der Waals surface area contributed by atoms with Crippen molar-refractivity contribution in [2.24, 2.45) is 0 Å². The van der Waals surface area contributed by atoms with Crippen LogP contribution in [0.25, 0.3) is 0 Å². The second-order valence-corrected chi connectivity index (χ2v) is 12.2. The molecule has 5 aromatic rings. The van der Waals surface area contributed by atoms with Gasteiger partial charge in [-0.25, -0.2) is 0 Å². The minimum Gasteiger partial charge on any atom is -0.497 e. The molecule has 6 rings (SSSR count). The van der Waals surface area contributed by atoms with Crippen molar-refractivity contribution >= 4 is 0 Å². The lowest BCUT2D eigenvalue weighted by Crippen LogP contribution is -2.66. The Kier molecular flexibility index (Phi) is 12.6. The lowest BCUT2D eigenvalue weighted by atomic mass is 9.83. The number of rotatable bonds is 16. The van der Waals surface area contributed by atoms with Crippen LogP contribution in [0.15, 0.2) is 146 Å². The maximum Gasteiger partial charge on any atom is 0.118 e. The molecule has 5 aromatic carbocycles. The molecule has 0 bridgehead atoms. The van der Waals surface area contributed by atoms with E-state index in [1.807, 2.05) is 146 Å². The van der Waals surface area contributed by atoms with E-state index in [1.165, 1.54) is 0 Å². The van der Waals surface area contributed by atoms with Gasteiger partial charge in [-0.05, 0) is 39.9 Å². The molecular weight excluding hydrogens is 616 g/mol. The van der Waals surface area contributed by atoms with Crippen LogP contribution in [0, 0.1) is 0 Å². The zero-order valence-electron chi connectivity index (χ0n) is 27.8. The standard InChI is InChI=1S/C42H44O7/c1-44-36-24-22-35(23-25-36)30-46-39-37(43)38(45-26-31-14-6-2-7-15-31)40(47-27-32-16-8-3-9-17-32)42(49-29-34-20-12-5-13-21-34)41(39)48-28-33-18-10-4-11-19-33/h2-25,37-43H,26-30H2,1H3/t37-,38-,39+,40-,41-,42?/m0/s1. The van der Waals surface area contributed by atoms with Crippen molar-refractivity contribution < 1.29 is 33.5 Å². The fraction of sp³-hybridized carbons (Fsp3) is 0.286. The summed E-state index contributed by atoms with van der Waals surface area (Å²) in [7, 11) is 1.64. The topological polar surface area (TPSA) is 75.6 Å². The third-order valence-electron chi connectivity index (χ3n) is 8.71. The van der Waals surface area contributed by atoms with Crippen molar-refractivity contribution in [2.75, 3.05) is 7.11 Å². The molecule has 0 saturated heterocycles. The van der Waals surface area contributed by atoms with Gasteiger partial charge in [-0.3, -0.25) is 0 Å². The van der Waals surface area contributed by atoms with Gasteiger partial charge in [0.2, 0.25) is 0 Å². The van der Waals surface area contributed by atoms with Gasteiger partial charge in [-0.15, -0.1) is 0 Å². The molecule has 0 amide bonds. The summed E-state index contributed by atoms with van der Waals surface area (Å²) in [6.07, 6.45) is -4.73. The number of benzene rings is 5. The van der Waals surface area contributed by atoms with E-state index < -0.39 is 36.6 Å². The highest BCUT2D eigenvalue weighted by Crippen LogP contribution is 2.35. The molecule has 1 unspecified atom stereocenters. The van der Waals surface area contributed by atoms with Crippen molar-refractivity contribution in [3.63, 3.8) is 0 Å². The zero-order chi connectivity index (χ0) is 33.7. The average Bonchev–Trinajstić information content (AvgIpc) is 3.16. The van der Waals surface area contributed by atoms with Crippen LogP contribution >= 0.6 is 0 Å². The summed E-state index contributed by atoms with van der Waals surface area (Å²) in [5, 5.41) is 12.2. The van der Waals surface area contributed by atoms with Gasteiger partial charge in [-0.1, -0.05) is 133 Å². The summed E-state index contributed by atoms with van der Waals surface area (Å²) in [6, 6.07) is 47.6. The van der Waals surface area contributed by atoms with Crippen LogP contribution in [0.2, 0.25) is 0 Å². The van der Waals surface area contributed by atoms with E-state index in [0.717, 1.165) is 33.6 Å². The first kappa shape index (κ1) is 34.5.